The number of hydrogen-bond donors (Lipinski definition) is 0. The van der Waals surface area contributed by atoms with Gasteiger partial charge in [0, 0.05) is 59.0 Å². The van der Waals surface area contributed by atoms with Crippen LogP contribution in [0.25, 0.3) is 5.65 Å². The highest BCUT2D eigenvalue weighted by Crippen LogP contribution is 2.45. The van der Waals surface area contributed by atoms with Crippen LogP contribution in [0, 0.1) is 12.8 Å². The molecule has 0 bridgehead atoms. The van der Waals surface area contributed by atoms with E-state index in [1.165, 1.54) is 5.56 Å². The van der Waals surface area contributed by atoms with Gasteiger partial charge in [0.05, 0.1) is 13.7 Å². The Morgan fingerprint density at radius 3 is 2.97 bits per heavy atom. The molecule has 6 nitrogen and oxygen atoms in total. The van der Waals surface area contributed by atoms with E-state index in [1.807, 2.05) is 31.2 Å². The first-order valence-corrected chi connectivity index (χ1v) is 11.0. The molecule has 1 fully saturated rings. The zero-order valence-corrected chi connectivity index (χ0v) is 18.7. The average Bonchev–Trinajstić information content (AvgIpc) is 3.17. The predicted molar refractivity (Wildman–Crippen MR) is 119 cm³/mol. The van der Waals surface area contributed by atoms with Crippen molar-refractivity contribution in [2.75, 3.05) is 33.4 Å². The molecule has 0 radical (unpaired) electrons. The van der Waals surface area contributed by atoms with Gasteiger partial charge < -0.3 is 14.4 Å². The van der Waals surface area contributed by atoms with Crippen molar-refractivity contribution >= 4 is 21.6 Å². The van der Waals surface area contributed by atoms with Crippen molar-refractivity contribution in [3.05, 3.63) is 68.2 Å². The number of hydrogen-bond acceptors (Lipinski definition) is 5. The van der Waals surface area contributed by atoms with Gasteiger partial charge in [-0.15, -0.1) is 0 Å². The molecule has 3 aromatic rings. The number of fused-ring (bicyclic) bond motifs is 4. The van der Waals surface area contributed by atoms with Gasteiger partial charge in [0.2, 0.25) is 0 Å². The van der Waals surface area contributed by atoms with Crippen molar-refractivity contribution in [1.82, 2.24) is 14.3 Å². The van der Waals surface area contributed by atoms with E-state index in [0.717, 1.165) is 46.9 Å². The fourth-order valence-corrected chi connectivity index (χ4v) is 5.15. The van der Waals surface area contributed by atoms with Gasteiger partial charge in [0.25, 0.3) is 5.56 Å². The van der Waals surface area contributed by atoms with Gasteiger partial charge in [-0.2, -0.15) is 0 Å². The number of aromatic nitrogens is 2. The van der Waals surface area contributed by atoms with E-state index in [9.17, 15) is 4.79 Å². The Balaban J connectivity index is 1.36. The summed E-state index contributed by atoms with van der Waals surface area (Å²) in [5, 5.41) is 0. The van der Waals surface area contributed by atoms with Crippen LogP contribution in [-0.2, 0) is 6.42 Å². The fourth-order valence-electron chi connectivity index (χ4n) is 4.81. The van der Waals surface area contributed by atoms with Crippen LogP contribution in [0.2, 0.25) is 0 Å². The second-order valence-electron chi connectivity index (χ2n) is 8.12. The van der Waals surface area contributed by atoms with Gasteiger partial charge in [-0.3, -0.25) is 9.20 Å². The Bertz CT molecular complexity index is 1180. The molecule has 0 N–H and O–H groups in total. The quantitative estimate of drug-likeness (QED) is 0.585. The number of rotatable bonds is 4. The fraction of sp³-hybridized carbons (Fsp3) is 0.391. The number of ether oxygens (including phenoxy) is 2. The van der Waals surface area contributed by atoms with Crippen LogP contribution >= 0.6 is 15.9 Å². The lowest BCUT2D eigenvalue weighted by atomic mass is 9.87. The molecular formula is C23H24BrN3O3. The molecule has 2 aliphatic rings. The average molecular weight is 470 g/mol. The number of likely N-dealkylation sites (tertiary alicyclic amines) is 1. The number of nitrogens with zero attached hydrogens (tertiary/aromatic N) is 3. The minimum absolute atomic E-state index is 0.0221. The number of pyridine rings is 1. The zero-order valence-electron chi connectivity index (χ0n) is 17.1. The molecule has 7 heteroatoms. The summed E-state index contributed by atoms with van der Waals surface area (Å²) in [6.07, 6.45) is 2.48. The number of benzene rings is 1. The largest absolute Gasteiger partial charge is 0.493 e. The third kappa shape index (κ3) is 3.30. The molecule has 0 aliphatic carbocycles. The second kappa shape index (κ2) is 7.71. The molecule has 0 saturated carbocycles. The molecule has 1 saturated heterocycles. The van der Waals surface area contributed by atoms with E-state index in [1.54, 1.807) is 17.7 Å². The highest BCUT2D eigenvalue weighted by Gasteiger charge is 2.39. The number of methoxy groups -OCH3 is 1. The van der Waals surface area contributed by atoms with Crippen molar-refractivity contribution in [3.8, 4) is 11.5 Å². The van der Waals surface area contributed by atoms with Crippen molar-refractivity contribution in [2.24, 2.45) is 5.92 Å². The zero-order chi connectivity index (χ0) is 20.8. The normalized spacial score (nSPS) is 20.6. The molecule has 2 aliphatic heterocycles. The van der Waals surface area contributed by atoms with E-state index in [2.05, 4.69) is 31.9 Å². The van der Waals surface area contributed by atoms with E-state index in [-0.39, 0.29) is 5.56 Å². The van der Waals surface area contributed by atoms with Crippen LogP contribution < -0.4 is 15.0 Å². The Morgan fingerprint density at radius 2 is 2.13 bits per heavy atom. The first-order valence-electron chi connectivity index (χ1n) is 10.2. The van der Waals surface area contributed by atoms with E-state index in [0.29, 0.717) is 30.5 Å². The third-order valence-electron chi connectivity index (χ3n) is 6.35. The van der Waals surface area contributed by atoms with Crippen LogP contribution in [0.4, 0.5) is 0 Å². The van der Waals surface area contributed by atoms with Crippen LogP contribution in [-0.4, -0.2) is 47.6 Å². The van der Waals surface area contributed by atoms with E-state index < -0.39 is 0 Å². The smallest absolute Gasteiger partial charge is 0.261 e. The minimum atomic E-state index is 0.0221. The maximum absolute atomic E-state index is 13.0. The van der Waals surface area contributed by atoms with E-state index in [4.69, 9.17) is 9.47 Å². The summed E-state index contributed by atoms with van der Waals surface area (Å²) in [6, 6.07) is 9.91. The Labute approximate surface area is 183 Å². The summed E-state index contributed by atoms with van der Waals surface area (Å²) in [6.45, 7) is 5.43. The second-order valence-corrected chi connectivity index (χ2v) is 9.04. The van der Waals surface area contributed by atoms with Crippen LogP contribution in [0.3, 0.4) is 0 Å². The van der Waals surface area contributed by atoms with Gasteiger partial charge >= 0.3 is 0 Å². The molecule has 5 rings (SSSR count). The van der Waals surface area contributed by atoms with Gasteiger partial charge in [0.1, 0.15) is 5.65 Å². The van der Waals surface area contributed by atoms with Crippen LogP contribution in [0.1, 0.15) is 22.7 Å². The van der Waals surface area contributed by atoms with Crippen molar-refractivity contribution in [3.63, 3.8) is 0 Å². The summed E-state index contributed by atoms with van der Waals surface area (Å²) in [5.74, 6) is 2.61. The van der Waals surface area contributed by atoms with Crippen molar-refractivity contribution < 1.29 is 9.47 Å². The molecule has 156 valence electrons. The van der Waals surface area contributed by atoms with Gasteiger partial charge in [0.15, 0.2) is 11.5 Å². The Morgan fingerprint density at radius 1 is 1.27 bits per heavy atom. The van der Waals surface area contributed by atoms with E-state index >= 15 is 0 Å². The highest BCUT2D eigenvalue weighted by atomic mass is 79.9. The van der Waals surface area contributed by atoms with Crippen molar-refractivity contribution in [1.29, 1.82) is 0 Å². The Hall–Kier alpha value is -2.38. The molecule has 0 amide bonds. The summed E-state index contributed by atoms with van der Waals surface area (Å²) >= 11 is 3.44. The summed E-state index contributed by atoms with van der Waals surface area (Å²) in [7, 11) is 1.68. The maximum Gasteiger partial charge on any atom is 0.261 e. The first kappa shape index (κ1) is 19.6. The molecule has 30 heavy (non-hydrogen) atoms. The summed E-state index contributed by atoms with van der Waals surface area (Å²) < 4.78 is 14.0. The van der Waals surface area contributed by atoms with Gasteiger partial charge in [-0.25, -0.2) is 4.98 Å². The lowest BCUT2D eigenvalue weighted by Gasteiger charge is -2.28. The molecule has 0 unspecified atom stereocenters. The third-order valence-corrected chi connectivity index (χ3v) is 6.82. The molecule has 2 aromatic heterocycles. The number of para-hydroxylation sites is 1. The van der Waals surface area contributed by atoms with Gasteiger partial charge in [-0.1, -0.05) is 12.1 Å². The topological polar surface area (TPSA) is 56.1 Å². The highest BCUT2D eigenvalue weighted by molar-refractivity contribution is 9.10. The predicted octanol–water partition coefficient (Wildman–Crippen LogP) is 3.42. The number of halogens is 1. The lowest BCUT2D eigenvalue weighted by Crippen LogP contribution is -2.28. The standard InChI is InChI=1S/C23H24BrN3O3/c1-14-17(23(28)27-11-16(24)6-7-21(27)25-14)8-9-26-10-15-13-30-22-18(19(15)12-26)4-3-5-20(22)29-2/h3-7,11,15,19H,8-10,12-13H2,1-2H3/t15-,19-/m1/s1. The molecule has 2 atom stereocenters. The Kier molecular flexibility index (Phi) is 5.03. The molecule has 0 spiro atoms. The first-order chi connectivity index (χ1) is 14.5. The summed E-state index contributed by atoms with van der Waals surface area (Å²) in [5.41, 5.74) is 3.55. The molecular weight excluding hydrogens is 446 g/mol. The monoisotopic (exact) mass is 469 g/mol. The van der Waals surface area contributed by atoms with Crippen LogP contribution in [0.5, 0.6) is 11.5 Å². The van der Waals surface area contributed by atoms with Crippen molar-refractivity contribution in [2.45, 2.75) is 19.3 Å². The van der Waals surface area contributed by atoms with Crippen LogP contribution in [0.15, 0.2) is 45.8 Å². The number of aryl methyl sites for hydroxylation is 1. The lowest BCUT2D eigenvalue weighted by molar-refractivity contribution is 0.204. The maximum atomic E-state index is 13.0. The molecule has 1 aromatic carbocycles. The SMILES string of the molecule is COc1cccc2c1OC[C@H]1CN(CCc3c(C)nc4ccc(Br)cn4c3=O)C[C@@H]21. The molecule has 4 heterocycles. The minimum Gasteiger partial charge on any atom is -0.493 e. The van der Waals surface area contributed by atoms with Gasteiger partial charge in [-0.05, 0) is 47.5 Å². The summed E-state index contributed by atoms with van der Waals surface area (Å²) in [4.78, 5) is 20.1.